The lowest BCUT2D eigenvalue weighted by molar-refractivity contribution is -0.384. The molecule has 0 heterocycles. The molecule has 106 valence electrons. The van der Waals surface area contributed by atoms with E-state index in [1.807, 2.05) is 0 Å². The standard InChI is InChI=1S/C9H7F5N2O3/c10-8(11,9(12,13)14)4-19-7-2-5(15)1-6(3-7)16(17)18/h1-3H,4,15H2. The monoisotopic (exact) mass is 286 g/mol. The summed E-state index contributed by atoms with van der Waals surface area (Å²) in [7, 11) is 0. The zero-order valence-electron chi connectivity index (χ0n) is 9.08. The van der Waals surface area contributed by atoms with Gasteiger partial charge in [-0.1, -0.05) is 0 Å². The van der Waals surface area contributed by atoms with Crippen molar-refractivity contribution in [3.05, 3.63) is 28.3 Å². The molecule has 0 aromatic heterocycles. The Labute approximate surface area is 102 Å². The Morgan fingerprint density at radius 1 is 1.21 bits per heavy atom. The van der Waals surface area contributed by atoms with E-state index in [2.05, 4.69) is 4.74 Å². The zero-order valence-corrected chi connectivity index (χ0v) is 9.08. The summed E-state index contributed by atoms with van der Waals surface area (Å²) in [6.07, 6.45) is -5.76. The van der Waals surface area contributed by atoms with E-state index in [4.69, 9.17) is 5.73 Å². The van der Waals surface area contributed by atoms with Gasteiger partial charge in [-0.25, -0.2) is 0 Å². The van der Waals surface area contributed by atoms with Gasteiger partial charge in [0.15, 0.2) is 6.61 Å². The lowest BCUT2D eigenvalue weighted by atomic mass is 10.2. The molecule has 0 radical (unpaired) electrons. The third kappa shape index (κ3) is 3.66. The largest absolute Gasteiger partial charge is 0.487 e. The number of benzene rings is 1. The van der Waals surface area contributed by atoms with Crippen molar-refractivity contribution >= 4 is 11.4 Å². The lowest BCUT2D eigenvalue weighted by Gasteiger charge is -2.19. The molecule has 0 fully saturated rings. The van der Waals surface area contributed by atoms with Gasteiger partial charge < -0.3 is 10.5 Å². The molecule has 19 heavy (non-hydrogen) atoms. The lowest BCUT2D eigenvalue weighted by Crippen LogP contribution is -2.41. The molecule has 0 saturated carbocycles. The maximum atomic E-state index is 12.6. The molecular weight excluding hydrogens is 279 g/mol. The maximum absolute atomic E-state index is 12.6. The molecule has 10 heteroatoms. The molecule has 0 aliphatic heterocycles. The molecule has 5 nitrogen and oxygen atoms in total. The summed E-state index contributed by atoms with van der Waals surface area (Å²) in [5.41, 5.74) is 4.45. The predicted molar refractivity (Wildman–Crippen MR) is 54.0 cm³/mol. The number of rotatable bonds is 4. The second-order valence-electron chi connectivity index (χ2n) is 3.51. The van der Waals surface area contributed by atoms with E-state index < -0.39 is 35.1 Å². The van der Waals surface area contributed by atoms with Crippen molar-refractivity contribution in [1.29, 1.82) is 0 Å². The van der Waals surface area contributed by atoms with Crippen LogP contribution in [-0.4, -0.2) is 23.6 Å². The number of nitrogens with zero attached hydrogens (tertiary/aromatic N) is 1. The Hall–Kier alpha value is -2.13. The SMILES string of the molecule is Nc1cc(OCC(F)(F)C(F)(F)F)cc([N+](=O)[O-])c1. The van der Waals surface area contributed by atoms with Crippen LogP contribution in [0.15, 0.2) is 18.2 Å². The Kier molecular flexibility index (Phi) is 3.82. The number of nitro benzene ring substituents is 1. The summed E-state index contributed by atoms with van der Waals surface area (Å²) in [5.74, 6) is -5.61. The van der Waals surface area contributed by atoms with Gasteiger partial charge in [0.2, 0.25) is 0 Å². The smallest absolute Gasteiger partial charge is 0.456 e. The van der Waals surface area contributed by atoms with Crippen molar-refractivity contribution < 1.29 is 31.6 Å². The molecule has 0 aliphatic rings. The molecular formula is C9H7F5N2O3. The first-order valence-electron chi connectivity index (χ1n) is 4.65. The van der Waals surface area contributed by atoms with Crippen LogP contribution in [0.4, 0.5) is 33.3 Å². The van der Waals surface area contributed by atoms with Crippen molar-refractivity contribution in [3.8, 4) is 5.75 Å². The fourth-order valence-electron chi connectivity index (χ4n) is 1.05. The highest BCUT2D eigenvalue weighted by atomic mass is 19.4. The number of hydrogen-bond donors (Lipinski definition) is 1. The number of nitro groups is 1. The number of nitrogens with two attached hydrogens (primary N) is 1. The normalized spacial score (nSPS) is 12.3. The number of non-ortho nitro benzene ring substituents is 1. The zero-order chi connectivity index (χ0) is 14.8. The minimum Gasteiger partial charge on any atom is -0.487 e. The molecule has 1 aromatic rings. The van der Waals surface area contributed by atoms with Gasteiger partial charge in [0, 0.05) is 17.8 Å². The first kappa shape index (κ1) is 14.9. The minimum absolute atomic E-state index is 0.195. The van der Waals surface area contributed by atoms with Crippen LogP contribution in [0.5, 0.6) is 5.75 Å². The van der Waals surface area contributed by atoms with Crippen LogP contribution in [0.2, 0.25) is 0 Å². The van der Waals surface area contributed by atoms with E-state index in [0.717, 1.165) is 12.1 Å². The predicted octanol–water partition coefficient (Wildman–Crippen LogP) is 2.75. The first-order valence-corrected chi connectivity index (χ1v) is 4.65. The van der Waals surface area contributed by atoms with E-state index in [1.54, 1.807) is 0 Å². The number of hydrogen-bond acceptors (Lipinski definition) is 4. The van der Waals surface area contributed by atoms with Crippen LogP contribution in [-0.2, 0) is 0 Å². The molecule has 0 saturated heterocycles. The molecule has 1 rings (SSSR count). The van der Waals surface area contributed by atoms with Crippen molar-refractivity contribution in [3.63, 3.8) is 0 Å². The highest BCUT2D eigenvalue weighted by Gasteiger charge is 2.58. The second-order valence-corrected chi connectivity index (χ2v) is 3.51. The molecule has 0 bridgehead atoms. The van der Waals surface area contributed by atoms with Gasteiger partial charge >= 0.3 is 12.1 Å². The summed E-state index contributed by atoms with van der Waals surface area (Å²) in [6.45, 7) is -1.99. The Morgan fingerprint density at radius 2 is 1.79 bits per heavy atom. The van der Waals surface area contributed by atoms with E-state index in [9.17, 15) is 32.1 Å². The number of nitrogen functional groups attached to an aromatic ring is 1. The second kappa shape index (κ2) is 4.86. The van der Waals surface area contributed by atoms with Gasteiger partial charge in [0.05, 0.1) is 11.0 Å². The van der Waals surface area contributed by atoms with Gasteiger partial charge in [0.25, 0.3) is 5.69 Å². The van der Waals surface area contributed by atoms with Crippen LogP contribution >= 0.6 is 0 Å². The van der Waals surface area contributed by atoms with Crippen molar-refractivity contribution in [2.45, 2.75) is 12.1 Å². The molecule has 0 amide bonds. The van der Waals surface area contributed by atoms with E-state index in [0.29, 0.717) is 6.07 Å². The highest BCUT2D eigenvalue weighted by molar-refractivity contribution is 5.53. The van der Waals surface area contributed by atoms with Crippen LogP contribution in [0.3, 0.4) is 0 Å². The van der Waals surface area contributed by atoms with Gasteiger partial charge in [-0.2, -0.15) is 22.0 Å². The van der Waals surface area contributed by atoms with Gasteiger partial charge in [-0.15, -0.1) is 0 Å². The summed E-state index contributed by atoms with van der Waals surface area (Å²) < 4.78 is 64.9. The number of alkyl halides is 5. The molecule has 0 spiro atoms. The molecule has 0 aliphatic carbocycles. The van der Waals surface area contributed by atoms with Gasteiger partial charge in [0.1, 0.15) is 5.75 Å². The van der Waals surface area contributed by atoms with E-state index >= 15 is 0 Å². The average Bonchev–Trinajstić information content (AvgIpc) is 2.24. The van der Waals surface area contributed by atoms with E-state index in [-0.39, 0.29) is 5.69 Å². The Balaban J connectivity index is 2.87. The highest BCUT2D eigenvalue weighted by Crippen LogP contribution is 2.36. The van der Waals surface area contributed by atoms with Crippen LogP contribution < -0.4 is 10.5 Å². The van der Waals surface area contributed by atoms with Gasteiger partial charge in [-0.3, -0.25) is 10.1 Å². The first-order chi connectivity index (χ1) is 8.53. The molecule has 2 N–H and O–H groups in total. The van der Waals surface area contributed by atoms with Crippen LogP contribution in [0.1, 0.15) is 0 Å². The Morgan fingerprint density at radius 3 is 2.26 bits per heavy atom. The number of halogens is 5. The third-order valence-corrected chi connectivity index (χ3v) is 1.96. The van der Waals surface area contributed by atoms with Crippen molar-refractivity contribution in [2.75, 3.05) is 12.3 Å². The molecule has 0 atom stereocenters. The summed E-state index contributed by atoms with van der Waals surface area (Å²) >= 11 is 0. The van der Waals surface area contributed by atoms with Gasteiger partial charge in [-0.05, 0) is 0 Å². The molecule has 0 unspecified atom stereocenters. The fraction of sp³-hybridized carbons (Fsp3) is 0.333. The van der Waals surface area contributed by atoms with Crippen molar-refractivity contribution in [2.24, 2.45) is 0 Å². The summed E-state index contributed by atoms with van der Waals surface area (Å²) in [6, 6.07) is 2.51. The molecule has 1 aromatic carbocycles. The Bertz CT molecular complexity index is 489. The van der Waals surface area contributed by atoms with Crippen LogP contribution in [0, 0.1) is 10.1 Å². The maximum Gasteiger partial charge on any atom is 0.456 e. The van der Waals surface area contributed by atoms with Crippen molar-refractivity contribution in [1.82, 2.24) is 0 Å². The topological polar surface area (TPSA) is 78.4 Å². The number of anilines is 1. The minimum atomic E-state index is -5.76. The van der Waals surface area contributed by atoms with Crippen LogP contribution in [0.25, 0.3) is 0 Å². The summed E-state index contributed by atoms with van der Waals surface area (Å²) in [4.78, 5) is 9.55. The number of ether oxygens (including phenoxy) is 1. The third-order valence-electron chi connectivity index (χ3n) is 1.96. The van der Waals surface area contributed by atoms with E-state index in [1.165, 1.54) is 0 Å². The average molecular weight is 286 g/mol. The summed E-state index contributed by atoms with van der Waals surface area (Å²) in [5, 5.41) is 10.4. The quantitative estimate of drug-likeness (QED) is 0.399. The fourth-order valence-corrected chi connectivity index (χ4v) is 1.05.